The molecule has 0 aliphatic heterocycles. The molecule has 0 spiro atoms. The van der Waals surface area contributed by atoms with Crippen molar-refractivity contribution in [3.05, 3.63) is 29.3 Å². The molecule has 158 valence electrons. The van der Waals surface area contributed by atoms with Crippen LogP contribution < -0.4 is 15.4 Å². The van der Waals surface area contributed by atoms with E-state index in [1.807, 2.05) is 6.07 Å². The first-order chi connectivity index (χ1) is 13.1. The van der Waals surface area contributed by atoms with E-state index in [1.54, 1.807) is 26.3 Å². The molecule has 2 rings (SSSR count). The van der Waals surface area contributed by atoms with Crippen LogP contribution in [0.2, 0.25) is 0 Å². The first kappa shape index (κ1) is 24.5. The topological polar surface area (TPSA) is 81.2 Å². The van der Waals surface area contributed by atoms with Gasteiger partial charge < -0.3 is 24.8 Å². The Morgan fingerprint density at radius 2 is 1.96 bits per heavy atom. The number of esters is 1. The molecule has 0 heterocycles. The molecule has 1 fully saturated rings. The van der Waals surface area contributed by atoms with Gasteiger partial charge in [0.25, 0.3) is 0 Å². The Bertz CT molecular complexity index is 663. The van der Waals surface area contributed by atoms with Gasteiger partial charge in [0.2, 0.25) is 0 Å². The second-order valence-corrected chi connectivity index (χ2v) is 6.90. The summed E-state index contributed by atoms with van der Waals surface area (Å²) in [6.45, 7) is 2.21. The molecular weight excluding hydrogens is 473 g/mol. The molecule has 28 heavy (non-hydrogen) atoms. The van der Waals surface area contributed by atoms with Gasteiger partial charge in [0.05, 0.1) is 14.2 Å². The van der Waals surface area contributed by atoms with Crippen LogP contribution >= 0.6 is 24.0 Å². The lowest BCUT2D eigenvalue weighted by atomic mass is 9.67. The Balaban J connectivity index is 0.00000392. The molecule has 8 heteroatoms. The summed E-state index contributed by atoms with van der Waals surface area (Å²) >= 11 is 0. The maximum atomic E-state index is 11.9. The van der Waals surface area contributed by atoms with Gasteiger partial charge in [0, 0.05) is 33.9 Å². The predicted molar refractivity (Wildman–Crippen MR) is 121 cm³/mol. The number of ether oxygens (including phenoxy) is 3. The fourth-order valence-corrected chi connectivity index (χ4v) is 3.32. The number of nitrogens with one attached hydrogen (secondary N) is 2. The molecule has 0 bridgehead atoms. The van der Waals surface area contributed by atoms with Crippen LogP contribution in [0.1, 0.15) is 41.6 Å². The first-order valence-electron chi connectivity index (χ1n) is 9.26. The molecule has 7 nitrogen and oxygen atoms in total. The van der Waals surface area contributed by atoms with E-state index >= 15 is 0 Å². The number of carbonyl (C=O) groups is 1. The van der Waals surface area contributed by atoms with Crippen LogP contribution in [-0.2, 0) is 16.0 Å². The van der Waals surface area contributed by atoms with E-state index in [9.17, 15) is 4.79 Å². The van der Waals surface area contributed by atoms with Gasteiger partial charge in [0.15, 0.2) is 5.96 Å². The minimum Gasteiger partial charge on any atom is -0.496 e. The molecule has 0 aromatic heterocycles. The highest BCUT2D eigenvalue weighted by Crippen LogP contribution is 2.43. The molecule has 1 aliphatic carbocycles. The molecule has 0 amide bonds. The summed E-state index contributed by atoms with van der Waals surface area (Å²) in [5.41, 5.74) is 1.67. The van der Waals surface area contributed by atoms with Crippen molar-refractivity contribution in [3.8, 4) is 5.75 Å². The summed E-state index contributed by atoms with van der Waals surface area (Å²) in [6, 6.07) is 5.46. The molecule has 0 radical (unpaired) electrons. The smallest absolute Gasteiger partial charge is 0.341 e. The Hall–Kier alpha value is -1.55. The van der Waals surface area contributed by atoms with Crippen LogP contribution in [0.25, 0.3) is 0 Å². The maximum Gasteiger partial charge on any atom is 0.341 e. The van der Waals surface area contributed by atoms with E-state index in [-0.39, 0.29) is 24.0 Å². The second-order valence-electron chi connectivity index (χ2n) is 6.90. The van der Waals surface area contributed by atoms with Gasteiger partial charge >= 0.3 is 5.97 Å². The fourth-order valence-electron chi connectivity index (χ4n) is 3.32. The lowest BCUT2D eigenvalue weighted by Crippen LogP contribution is -2.46. The quantitative estimate of drug-likeness (QED) is 0.233. The molecule has 0 atom stereocenters. The number of rotatable bonds is 9. The average Bonchev–Trinajstić information content (AvgIpc) is 2.68. The van der Waals surface area contributed by atoms with Gasteiger partial charge in [-0.25, -0.2) is 4.79 Å². The van der Waals surface area contributed by atoms with Gasteiger partial charge in [-0.3, -0.25) is 4.99 Å². The Morgan fingerprint density at radius 3 is 2.50 bits per heavy atom. The molecule has 2 N–H and O–H groups in total. The average molecular weight is 505 g/mol. The van der Waals surface area contributed by atoms with Crippen molar-refractivity contribution < 1.29 is 19.0 Å². The Morgan fingerprint density at radius 1 is 1.21 bits per heavy atom. The van der Waals surface area contributed by atoms with Crippen LogP contribution in [0.15, 0.2) is 23.2 Å². The number of halogens is 1. The van der Waals surface area contributed by atoms with E-state index < -0.39 is 5.97 Å². The van der Waals surface area contributed by atoms with E-state index in [0.29, 0.717) is 23.3 Å². The molecule has 0 saturated heterocycles. The highest BCUT2D eigenvalue weighted by Gasteiger charge is 2.36. The van der Waals surface area contributed by atoms with Gasteiger partial charge in [-0.05, 0) is 42.4 Å². The minimum absolute atomic E-state index is 0. The first-order valence-corrected chi connectivity index (χ1v) is 9.26. The second kappa shape index (κ2) is 12.1. The van der Waals surface area contributed by atoms with Crippen molar-refractivity contribution in [2.45, 2.75) is 32.2 Å². The fraction of sp³-hybridized carbons (Fsp3) is 0.600. The van der Waals surface area contributed by atoms with E-state index in [0.717, 1.165) is 31.1 Å². The van der Waals surface area contributed by atoms with Gasteiger partial charge in [-0.15, -0.1) is 24.0 Å². The third-order valence-corrected chi connectivity index (χ3v) is 5.23. The minimum atomic E-state index is -0.415. The normalized spacial score (nSPS) is 15.1. The SMILES string of the molecule is CN=C(NCc1ccc(OC)c(C(=O)OC)c1)NCC1(CCOC)CCC1.I. The van der Waals surface area contributed by atoms with E-state index in [1.165, 1.54) is 33.5 Å². The third-order valence-electron chi connectivity index (χ3n) is 5.23. The molecule has 1 aromatic rings. The number of methoxy groups -OCH3 is 3. The predicted octanol–water partition coefficient (Wildman–Crippen LogP) is 2.97. The third kappa shape index (κ3) is 6.51. The van der Waals surface area contributed by atoms with Crippen molar-refractivity contribution in [3.63, 3.8) is 0 Å². The summed E-state index contributed by atoms with van der Waals surface area (Å²) in [5, 5.41) is 6.73. The molecular formula is C20H32IN3O4. The number of guanidine groups is 1. The molecule has 1 saturated carbocycles. The van der Waals surface area contributed by atoms with Crippen LogP contribution in [0.4, 0.5) is 0 Å². The Labute approximate surface area is 184 Å². The standard InChI is InChI=1S/C20H31N3O4.HI/c1-21-19(23-14-20(8-5-9-20)10-11-25-2)22-13-15-6-7-17(26-3)16(12-15)18(24)27-4;/h6-7,12H,5,8-11,13-14H2,1-4H3,(H2,21,22,23);1H. The van der Waals surface area contributed by atoms with Crippen LogP contribution in [-0.4, -0.2) is 53.5 Å². The summed E-state index contributed by atoms with van der Waals surface area (Å²) in [5.74, 6) is 0.827. The number of nitrogens with zero attached hydrogens (tertiary/aromatic N) is 1. The van der Waals surface area contributed by atoms with E-state index in [4.69, 9.17) is 14.2 Å². The van der Waals surface area contributed by atoms with Crippen molar-refractivity contribution >= 4 is 35.9 Å². The number of hydrogen-bond donors (Lipinski definition) is 2. The van der Waals surface area contributed by atoms with Crippen molar-refractivity contribution in [2.75, 3.05) is 41.5 Å². The lowest BCUT2D eigenvalue weighted by molar-refractivity contribution is 0.0597. The van der Waals surface area contributed by atoms with Crippen LogP contribution in [0, 0.1) is 5.41 Å². The number of aliphatic imine (C=N–C) groups is 1. The van der Waals surface area contributed by atoms with Crippen LogP contribution in [0.3, 0.4) is 0 Å². The summed E-state index contributed by atoms with van der Waals surface area (Å²) in [4.78, 5) is 16.2. The van der Waals surface area contributed by atoms with E-state index in [2.05, 4.69) is 15.6 Å². The maximum absolute atomic E-state index is 11.9. The zero-order chi connectivity index (χ0) is 19.7. The van der Waals surface area contributed by atoms with Crippen LogP contribution in [0.5, 0.6) is 5.75 Å². The van der Waals surface area contributed by atoms with Gasteiger partial charge in [0.1, 0.15) is 11.3 Å². The Kier molecular flexibility index (Phi) is 10.6. The molecule has 1 aliphatic rings. The summed E-state index contributed by atoms with van der Waals surface area (Å²) < 4.78 is 15.3. The zero-order valence-corrected chi connectivity index (χ0v) is 19.5. The van der Waals surface area contributed by atoms with Crippen molar-refractivity contribution in [1.29, 1.82) is 0 Å². The summed E-state index contributed by atoms with van der Waals surface area (Å²) in [6.07, 6.45) is 4.79. The molecule has 1 aromatic carbocycles. The largest absolute Gasteiger partial charge is 0.496 e. The zero-order valence-electron chi connectivity index (χ0n) is 17.2. The van der Waals surface area contributed by atoms with Gasteiger partial charge in [-0.1, -0.05) is 12.5 Å². The van der Waals surface area contributed by atoms with Crippen molar-refractivity contribution in [1.82, 2.24) is 10.6 Å². The number of carbonyl (C=O) groups excluding carboxylic acids is 1. The monoisotopic (exact) mass is 505 g/mol. The highest BCUT2D eigenvalue weighted by atomic mass is 127. The number of benzene rings is 1. The van der Waals surface area contributed by atoms with Crippen molar-refractivity contribution in [2.24, 2.45) is 10.4 Å². The van der Waals surface area contributed by atoms with Gasteiger partial charge in [-0.2, -0.15) is 0 Å². The summed E-state index contributed by atoms with van der Waals surface area (Å²) in [7, 11) is 6.40. The highest BCUT2D eigenvalue weighted by molar-refractivity contribution is 14.0. The molecule has 0 unspecified atom stereocenters. The lowest BCUT2D eigenvalue weighted by Gasteiger charge is -2.42. The number of hydrogen-bond acceptors (Lipinski definition) is 5.